The van der Waals surface area contributed by atoms with Gasteiger partial charge in [-0.25, -0.2) is 4.98 Å². The van der Waals surface area contributed by atoms with Gasteiger partial charge in [-0.3, -0.25) is 9.69 Å². The van der Waals surface area contributed by atoms with Crippen molar-refractivity contribution in [3.8, 4) is 11.5 Å². The van der Waals surface area contributed by atoms with Crippen molar-refractivity contribution in [1.29, 1.82) is 0 Å². The molecule has 0 spiro atoms. The van der Waals surface area contributed by atoms with Gasteiger partial charge in [-0.2, -0.15) is 0 Å². The van der Waals surface area contributed by atoms with Crippen LogP contribution < -0.4 is 14.8 Å². The summed E-state index contributed by atoms with van der Waals surface area (Å²) in [5.74, 6) is 1.26. The second-order valence-corrected chi connectivity index (χ2v) is 6.85. The van der Waals surface area contributed by atoms with Gasteiger partial charge < -0.3 is 14.8 Å². The molecule has 1 aromatic carbocycles. The Bertz CT molecular complexity index is 706. The predicted octanol–water partition coefficient (Wildman–Crippen LogP) is 3.33. The van der Waals surface area contributed by atoms with Gasteiger partial charge in [0.1, 0.15) is 16.5 Å². The summed E-state index contributed by atoms with van der Waals surface area (Å²) in [6.45, 7) is 1.75. The Balaban J connectivity index is 1.56. The Hall–Kier alpha value is -2.12. The molecule has 0 aliphatic carbocycles. The lowest BCUT2D eigenvalue weighted by molar-refractivity contribution is -0.116. The lowest BCUT2D eigenvalue weighted by Crippen LogP contribution is -2.27. The summed E-state index contributed by atoms with van der Waals surface area (Å²) in [6.07, 6.45) is 4.55. The summed E-state index contributed by atoms with van der Waals surface area (Å²) in [5, 5.41) is 6.08. The van der Waals surface area contributed by atoms with Gasteiger partial charge in [0.2, 0.25) is 5.91 Å². The summed E-state index contributed by atoms with van der Waals surface area (Å²) in [6, 6.07) is 5.71. The van der Waals surface area contributed by atoms with Crippen LogP contribution in [-0.2, 0) is 4.79 Å². The highest BCUT2D eigenvalue weighted by molar-refractivity contribution is 7.09. The smallest absolute Gasteiger partial charge is 0.225 e. The number of nitrogens with zero attached hydrogens (tertiary/aromatic N) is 2. The maximum atomic E-state index is 12.3. The van der Waals surface area contributed by atoms with E-state index in [2.05, 4.69) is 15.2 Å². The normalized spacial score (nSPS) is 17.4. The Kier molecular flexibility index (Phi) is 5.88. The molecule has 7 heteroatoms. The molecule has 1 amide bonds. The fourth-order valence-electron chi connectivity index (χ4n) is 3.13. The number of likely N-dealkylation sites (tertiary alicyclic amines) is 1. The first-order valence-corrected chi connectivity index (χ1v) is 9.24. The van der Waals surface area contributed by atoms with Gasteiger partial charge in [-0.15, -0.1) is 11.3 Å². The molecule has 1 atom stereocenters. The average molecular weight is 361 g/mol. The second-order valence-electron chi connectivity index (χ2n) is 5.93. The molecule has 1 N–H and O–H groups in total. The van der Waals surface area contributed by atoms with E-state index in [1.54, 1.807) is 43.8 Å². The highest BCUT2D eigenvalue weighted by Gasteiger charge is 2.27. The first-order chi connectivity index (χ1) is 12.2. The number of nitrogens with one attached hydrogen (secondary N) is 1. The minimum Gasteiger partial charge on any atom is -0.497 e. The summed E-state index contributed by atoms with van der Waals surface area (Å²) >= 11 is 1.69. The van der Waals surface area contributed by atoms with Crippen molar-refractivity contribution in [2.75, 3.05) is 32.6 Å². The third-order valence-electron chi connectivity index (χ3n) is 4.41. The Morgan fingerprint density at radius 3 is 3.00 bits per heavy atom. The zero-order valence-electron chi connectivity index (χ0n) is 14.5. The number of benzene rings is 1. The van der Waals surface area contributed by atoms with Gasteiger partial charge in [0.05, 0.1) is 25.9 Å². The van der Waals surface area contributed by atoms with Crippen LogP contribution in [0.1, 0.15) is 30.3 Å². The van der Waals surface area contributed by atoms with Crippen molar-refractivity contribution < 1.29 is 14.3 Å². The number of hydrogen-bond donors (Lipinski definition) is 1. The van der Waals surface area contributed by atoms with Crippen LogP contribution in [0.5, 0.6) is 11.5 Å². The van der Waals surface area contributed by atoms with Crippen LogP contribution in [0.4, 0.5) is 5.69 Å². The van der Waals surface area contributed by atoms with Crippen molar-refractivity contribution in [2.45, 2.75) is 25.3 Å². The third-order valence-corrected chi connectivity index (χ3v) is 5.29. The molecule has 3 rings (SSSR count). The van der Waals surface area contributed by atoms with E-state index in [1.807, 2.05) is 11.6 Å². The summed E-state index contributed by atoms with van der Waals surface area (Å²) in [7, 11) is 3.18. The number of carbonyl (C=O) groups is 1. The maximum Gasteiger partial charge on any atom is 0.225 e. The molecule has 1 fully saturated rings. The monoisotopic (exact) mass is 361 g/mol. The number of methoxy groups -OCH3 is 2. The van der Waals surface area contributed by atoms with Crippen LogP contribution >= 0.6 is 11.3 Å². The lowest BCUT2D eigenvalue weighted by atomic mass is 10.2. The number of anilines is 1. The highest BCUT2D eigenvalue weighted by atomic mass is 32.1. The van der Waals surface area contributed by atoms with Gasteiger partial charge in [-0.1, -0.05) is 0 Å². The predicted molar refractivity (Wildman–Crippen MR) is 98.5 cm³/mol. The molecule has 0 unspecified atom stereocenters. The molecule has 1 aliphatic heterocycles. The van der Waals surface area contributed by atoms with Crippen LogP contribution in [0.3, 0.4) is 0 Å². The van der Waals surface area contributed by atoms with E-state index in [4.69, 9.17) is 9.47 Å². The Labute approximate surface area is 151 Å². The fourth-order valence-corrected chi connectivity index (χ4v) is 3.94. The van der Waals surface area contributed by atoms with E-state index in [-0.39, 0.29) is 5.91 Å². The molecule has 6 nitrogen and oxygen atoms in total. The molecule has 0 bridgehead atoms. The van der Waals surface area contributed by atoms with E-state index in [9.17, 15) is 4.79 Å². The van der Waals surface area contributed by atoms with Gasteiger partial charge in [0.25, 0.3) is 0 Å². The number of carbonyl (C=O) groups excluding carboxylic acids is 1. The Morgan fingerprint density at radius 1 is 1.40 bits per heavy atom. The van der Waals surface area contributed by atoms with Gasteiger partial charge >= 0.3 is 0 Å². The topological polar surface area (TPSA) is 63.7 Å². The van der Waals surface area contributed by atoms with Crippen molar-refractivity contribution in [2.24, 2.45) is 0 Å². The molecule has 2 heterocycles. The van der Waals surface area contributed by atoms with E-state index in [0.29, 0.717) is 29.6 Å². The van der Waals surface area contributed by atoms with E-state index < -0.39 is 0 Å². The van der Waals surface area contributed by atoms with Crippen LogP contribution in [0.15, 0.2) is 29.8 Å². The van der Waals surface area contributed by atoms with Crippen molar-refractivity contribution in [3.63, 3.8) is 0 Å². The number of hydrogen-bond acceptors (Lipinski definition) is 6. The van der Waals surface area contributed by atoms with E-state index in [1.165, 1.54) is 0 Å². The van der Waals surface area contributed by atoms with Gasteiger partial charge in [0, 0.05) is 30.6 Å². The summed E-state index contributed by atoms with van der Waals surface area (Å²) in [4.78, 5) is 19.1. The third kappa shape index (κ3) is 4.29. The fraction of sp³-hybridized carbons (Fsp3) is 0.444. The Morgan fingerprint density at radius 2 is 2.28 bits per heavy atom. The van der Waals surface area contributed by atoms with Gasteiger partial charge in [-0.05, 0) is 31.5 Å². The lowest BCUT2D eigenvalue weighted by Gasteiger charge is -2.22. The van der Waals surface area contributed by atoms with Crippen molar-refractivity contribution in [1.82, 2.24) is 9.88 Å². The minimum absolute atomic E-state index is 0.0201. The quantitative estimate of drug-likeness (QED) is 0.819. The van der Waals surface area contributed by atoms with Crippen LogP contribution in [-0.4, -0.2) is 43.1 Å². The number of rotatable bonds is 7. The maximum absolute atomic E-state index is 12.3. The average Bonchev–Trinajstić information content (AvgIpc) is 3.31. The zero-order chi connectivity index (χ0) is 17.6. The molecular weight excluding hydrogens is 338 g/mol. The van der Waals surface area contributed by atoms with E-state index in [0.717, 1.165) is 30.9 Å². The molecule has 1 aliphatic rings. The molecule has 134 valence electrons. The summed E-state index contributed by atoms with van der Waals surface area (Å²) in [5.41, 5.74) is 0.659. The molecule has 0 saturated carbocycles. The van der Waals surface area contributed by atoms with Gasteiger partial charge in [0.15, 0.2) is 0 Å². The molecule has 1 saturated heterocycles. The molecule has 1 aromatic heterocycles. The van der Waals surface area contributed by atoms with Crippen molar-refractivity contribution in [3.05, 3.63) is 34.8 Å². The number of amides is 1. The second kappa shape index (κ2) is 8.31. The summed E-state index contributed by atoms with van der Waals surface area (Å²) < 4.78 is 10.5. The largest absolute Gasteiger partial charge is 0.497 e. The number of aromatic nitrogens is 1. The number of ether oxygens (including phenoxy) is 2. The van der Waals surface area contributed by atoms with Crippen LogP contribution in [0.2, 0.25) is 0 Å². The standard InChI is InChI=1S/C18H23N3O3S/c1-23-13-5-6-14(16(12-13)24-2)20-17(22)7-10-21-9-3-4-15(21)18-19-8-11-25-18/h5-6,8,11-12,15H,3-4,7,9-10H2,1-2H3,(H,20,22)/t15-/m0/s1. The van der Waals surface area contributed by atoms with E-state index >= 15 is 0 Å². The van der Waals surface area contributed by atoms with Crippen LogP contribution in [0.25, 0.3) is 0 Å². The number of thiazole rings is 1. The van der Waals surface area contributed by atoms with Crippen molar-refractivity contribution >= 4 is 22.9 Å². The highest BCUT2D eigenvalue weighted by Crippen LogP contribution is 2.33. The molecule has 0 radical (unpaired) electrons. The molecular formula is C18H23N3O3S. The minimum atomic E-state index is -0.0201. The first-order valence-electron chi connectivity index (χ1n) is 8.36. The first kappa shape index (κ1) is 17.7. The molecule has 25 heavy (non-hydrogen) atoms. The SMILES string of the molecule is COc1ccc(NC(=O)CCN2CCC[C@H]2c2nccs2)c(OC)c1. The molecule has 2 aromatic rings. The van der Waals surface area contributed by atoms with Crippen LogP contribution in [0, 0.1) is 0 Å². The zero-order valence-corrected chi connectivity index (χ0v) is 15.3.